The Balaban J connectivity index is 1.63. The van der Waals surface area contributed by atoms with Crippen molar-refractivity contribution in [1.29, 1.82) is 0 Å². The lowest BCUT2D eigenvalue weighted by Crippen LogP contribution is -2.35. The Bertz CT molecular complexity index is 515. The number of hydrogen-bond donors (Lipinski definition) is 1. The molecule has 4 heteroatoms. The number of aromatic nitrogens is 1. The Kier molecular flexibility index (Phi) is 5.52. The number of anilines is 1. The van der Waals surface area contributed by atoms with E-state index in [0.29, 0.717) is 11.7 Å². The van der Waals surface area contributed by atoms with E-state index in [-0.39, 0.29) is 5.91 Å². The van der Waals surface area contributed by atoms with Gasteiger partial charge in [0, 0.05) is 31.0 Å². The second-order valence-corrected chi connectivity index (χ2v) is 7.23. The Hall–Kier alpha value is -1.58. The Morgan fingerprint density at radius 1 is 1.13 bits per heavy atom. The third-order valence-electron chi connectivity index (χ3n) is 5.32. The highest BCUT2D eigenvalue weighted by molar-refractivity contribution is 5.93. The van der Waals surface area contributed by atoms with E-state index in [0.717, 1.165) is 37.5 Å². The van der Waals surface area contributed by atoms with Gasteiger partial charge < -0.3 is 10.2 Å². The number of amides is 1. The van der Waals surface area contributed by atoms with Gasteiger partial charge in [0.05, 0.1) is 0 Å². The summed E-state index contributed by atoms with van der Waals surface area (Å²) in [6.45, 7) is 4.47. The highest BCUT2D eigenvalue weighted by Crippen LogP contribution is 2.23. The predicted molar refractivity (Wildman–Crippen MR) is 93.8 cm³/mol. The fourth-order valence-corrected chi connectivity index (χ4v) is 3.69. The first-order valence-electron chi connectivity index (χ1n) is 9.24. The summed E-state index contributed by atoms with van der Waals surface area (Å²) in [7, 11) is 0. The van der Waals surface area contributed by atoms with Crippen LogP contribution in [-0.2, 0) is 0 Å². The van der Waals surface area contributed by atoms with Gasteiger partial charge in [-0.25, -0.2) is 0 Å². The molecule has 0 radical (unpaired) electrons. The zero-order valence-corrected chi connectivity index (χ0v) is 14.3. The third-order valence-corrected chi connectivity index (χ3v) is 5.32. The lowest BCUT2D eigenvalue weighted by molar-refractivity contribution is 0.0928. The van der Waals surface area contributed by atoms with Crippen molar-refractivity contribution in [3.05, 3.63) is 24.0 Å². The van der Waals surface area contributed by atoms with Crippen LogP contribution in [0.2, 0.25) is 0 Å². The topological polar surface area (TPSA) is 45.2 Å². The molecule has 1 aliphatic carbocycles. The summed E-state index contributed by atoms with van der Waals surface area (Å²) in [6.07, 6.45) is 11.5. The lowest BCUT2D eigenvalue weighted by Gasteiger charge is -2.32. The lowest BCUT2D eigenvalue weighted by atomic mass is 9.99. The molecule has 0 atom stereocenters. The summed E-state index contributed by atoms with van der Waals surface area (Å²) < 4.78 is 0. The molecule has 4 nitrogen and oxygen atoms in total. The summed E-state index contributed by atoms with van der Waals surface area (Å²) in [5.41, 5.74) is 1.70. The molecule has 3 rings (SSSR count). The molecule has 1 aromatic heterocycles. The molecular weight excluding hydrogens is 286 g/mol. The third kappa shape index (κ3) is 4.46. The van der Waals surface area contributed by atoms with Gasteiger partial charge in [-0.15, -0.1) is 0 Å². The molecular formula is C19H29N3O. The van der Waals surface area contributed by atoms with E-state index in [4.69, 9.17) is 0 Å². The second-order valence-electron chi connectivity index (χ2n) is 7.23. The average Bonchev–Trinajstić information content (AvgIpc) is 2.84. The van der Waals surface area contributed by atoms with Gasteiger partial charge in [-0.2, -0.15) is 0 Å². The van der Waals surface area contributed by atoms with Crippen molar-refractivity contribution in [3.63, 3.8) is 0 Å². The maximum atomic E-state index is 12.5. The molecule has 0 bridgehead atoms. The van der Waals surface area contributed by atoms with E-state index in [9.17, 15) is 4.79 Å². The number of nitrogens with one attached hydrogen (secondary N) is 1. The summed E-state index contributed by atoms with van der Waals surface area (Å²) in [5.74, 6) is 0.801. The van der Waals surface area contributed by atoms with Crippen LogP contribution in [0.15, 0.2) is 18.3 Å². The first-order chi connectivity index (χ1) is 11.2. The highest BCUT2D eigenvalue weighted by atomic mass is 16.1. The zero-order valence-electron chi connectivity index (χ0n) is 14.3. The van der Waals surface area contributed by atoms with E-state index in [1.807, 2.05) is 12.1 Å². The van der Waals surface area contributed by atoms with Gasteiger partial charge >= 0.3 is 0 Å². The molecule has 2 heterocycles. The molecule has 1 N–H and O–H groups in total. The van der Waals surface area contributed by atoms with Crippen molar-refractivity contribution >= 4 is 11.6 Å². The normalized spacial score (nSPS) is 21.0. The van der Waals surface area contributed by atoms with E-state index in [1.165, 1.54) is 38.5 Å². The van der Waals surface area contributed by atoms with Crippen molar-refractivity contribution in [2.24, 2.45) is 5.92 Å². The molecule has 0 unspecified atom stereocenters. The molecule has 126 valence electrons. The summed E-state index contributed by atoms with van der Waals surface area (Å²) >= 11 is 0. The van der Waals surface area contributed by atoms with E-state index in [1.54, 1.807) is 6.20 Å². The zero-order chi connectivity index (χ0) is 16.1. The molecule has 1 aromatic rings. The smallest absolute Gasteiger partial charge is 0.270 e. The first kappa shape index (κ1) is 16.3. The average molecular weight is 315 g/mol. The van der Waals surface area contributed by atoms with Crippen molar-refractivity contribution < 1.29 is 4.79 Å². The number of carbonyl (C=O) groups excluding carboxylic acids is 1. The number of nitrogens with zero attached hydrogens (tertiary/aromatic N) is 2. The Morgan fingerprint density at radius 3 is 2.52 bits per heavy atom. The van der Waals surface area contributed by atoms with Gasteiger partial charge in [-0.05, 0) is 43.7 Å². The van der Waals surface area contributed by atoms with Crippen LogP contribution in [0.25, 0.3) is 0 Å². The summed E-state index contributed by atoms with van der Waals surface area (Å²) in [6, 6.07) is 4.31. The minimum atomic E-state index is -0.0101. The van der Waals surface area contributed by atoms with Gasteiger partial charge in [0.1, 0.15) is 5.69 Å². The summed E-state index contributed by atoms with van der Waals surface area (Å²) in [5, 5.41) is 3.19. The summed E-state index contributed by atoms with van der Waals surface area (Å²) in [4.78, 5) is 19.2. The van der Waals surface area contributed by atoms with Gasteiger partial charge in [0.15, 0.2) is 0 Å². The minimum absolute atomic E-state index is 0.0101. The van der Waals surface area contributed by atoms with E-state index < -0.39 is 0 Å². The molecule has 2 aliphatic rings. The second kappa shape index (κ2) is 7.80. The number of rotatable bonds is 3. The van der Waals surface area contributed by atoms with Crippen LogP contribution in [0, 0.1) is 5.92 Å². The van der Waals surface area contributed by atoms with Crippen molar-refractivity contribution in [2.45, 2.75) is 64.3 Å². The molecule has 1 saturated carbocycles. The SMILES string of the molecule is CC1CCN(c2ccnc(C(=O)NC3CCCCCC3)c2)CC1. The molecule has 0 aromatic carbocycles. The first-order valence-corrected chi connectivity index (χ1v) is 9.24. The van der Waals surface area contributed by atoms with Crippen LogP contribution < -0.4 is 10.2 Å². The van der Waals surface area contributed by atoms with E-state index in [2.05, 4.69) is 22.1 Å². The molecule has 2 fully saturated rings. The van der Waals surface area contributed by atoms with Crippen molar-refractivity contribution in [2.75, 3.05) is 18.0 Å². The van der Waals surface area contributed by atoms with Crippen LogP contribution in [0.1, 0.15) is 68.8 Å². The van der Waals surface area contributed by atoms with Crippen molar-refractivity contribution in [1.82, 2.24) is 10.3 Å². The number of hydrogen-bond acceptors (Lipinski definition) is 3. The Morgan fingerprint density at radius 2 is 1.83 bits per heavy atom. The monoisotopic (exact) mass is 315 g/mol. The van der Waals surface area contributed by atoms with Crippen LogP contribution in [0.5, 0.6) is 0 Å². The fourth-order valence-electron chi connectivity index (χ4n) is 3.69. The highest BCUT2D eigenvalue weighted by Gasteiger charge is 2.19. The minimum Gasteiger partial charge on any atom is -0.371 e. The molecule has 0 spiro atoms. The molecule has 1 aliphatic heterocycles. The van der Waals surface area contributed by atoms with Gasteiger partial charge in [-0.3, -0.25) is 9.78 Å². The largest absolute Gasteiger partial charge is 0.371 e. The van der Waals surface area contributed by atoms with Crippen LogP contribution in [0.4, 0.5) is 5.69 Å². The van der Waals surface area contributed by atoms with Gasteiger partial charge in [0.2, 0.25) is 0 Å². The number of piperidine rings is 1. The molecule has 1 amide bonds. The van der Waals surface area contributed by atoms with E-state index >= 15 is 0 Å². The molecule has 23 heavy (non-hydrogen) atoms. The standard InChI is InChI=1S/C19H29N3O/c1-15-9-12-22(13-10-15)17-8-11-20-18(14-17)19(23)21-16-6-4-2-3-5-7-16/h8,11,14-16H,2-7,9-10,12-13H2,1H3,(H,21,23). The van der Waals surface area contributed by atoms with Crippen LogP contribution in [-0.4, -0.2) is 30.0 Å². The fraction of sp³-hybridized carbons (Fsp3) is 0.684. The quantitative estimate of drug-likeness (QED) is 0.864. The van der Waals surface area contributed by atoms with Crippen LogP contribution >= 0.6 is 0 Å². The van der Waals surface area contributed by atoms with Gasteiger partial charge in [0.25, 0.3) is 5.91 Å². The van der Waals surface area contributed by atoms with Crippen LogP contribution in [0.3, 0.4) is 0 Å². The number of carbonyl (C=O) groups is 1. The molecule has 1 saturated heterocycles. The number of pyridine rings is 1. The maximum Gasteiger partial charge on any atom is 0.270 e. The van der Waals surface area contributed by atoms with Gasteiger partial charge in [-0.1, -0.05) is 32.6 Å². The Labute approximate surface area is 139 Å². The van der Waals surface area contributed by atoms with Crippen molar-refractivity contribution in [3.8, 4) is 0 Å². The predicted octanol–water partition coefficient (Wildman–Crippen LogP) is 3.77. The maximum absolute atomic E-state index is 12.5.